The van der Waals surface area contributed by atoms with Crippen molar-refractivity contribution in [3.8, 4) is 0 Å². The summed E-state index contributed by atoms with van der Waals surface area (Å²) in [5, 5.41) is 0. The number of hydrogen-bond donors (Lipinski definition) is 0. The first-order valence-corrected chi connectivity index (χ1v) is 9.77. The third-order valence-electron chi connectivity index (χ3n) is 3.75. The molecular weight excluding hydrogens is 362 g/mol. The van der Waals surface area contributed by atoms with Gasteiger partial charge in [0.05, 0.1) is 11.5 Å². The second-order valence-corrected chi connectivity index (χ2v) is 9.26. The van der Waals surface area contributed by atoms with Crippen molar-refractivity contribution in [1.29, 1.82) is 0 Å². The van der Waals surface area contributed by atoms with E-state index in [1.165, 1.54) is 0 Å². The Hall–Kier alpha value is -0.0800. The lowest BCUT2D eigenvalue weighted by atomic mass is 10.1. The number of nitrogens with zero attached hydrogens (tertiary/aromatic N) is 1. The lowest BCUT2D eigenvalue weighted by Crippen LogP contribution is -2.44. The molecule has 0 aliphatic carbocycles. The van der Waals surface area contributed by atoms with Gasteiger partial charge in [0.15, 0.2) is 0 Å². The maximum atomic E-state index is 12.6. The van der Waals surface area contributed by atoms with Gasteiger partial charge in [0, 0.05) is 23.3 Å². The van der Waals surface area contributed by atoms with Crippen LogP contribution in [0.2, 0.25) is 0 Å². The fourth-order valence-electron chi connectivity index (χ4n) is 2.61. The quantitative estimate of drug-likeness (QED) is 0.794. The van der Waals surface area contributed by atoms with Crippen LogP contribution in [0.1, 0.15) is 12.8 Å². The zero-order chi connectivity index (χ0) is 14.2. The molecule has 0 unspecified atom stereocenters. The van der Waals surface area contributed by atoms with Gasteiger partial charge in [-0.25, -0.2) is 8.42 Å². The van der Waals surface area contributed by atoms with Gasteiger partial charge >= 0.3 is 0 Å². The normalized spacial score (nSPS) is 23.2. The molecule has 2 aliphatic rings. The van der Waals surface area contributed by atoms with Crippen LogP contribution >= 0.6 is 27.7 Å². The monoisotopic (exact) mass is 377 g/mol. The summed E-state index contributed by atoms with van der Waals surface area (Å²) in [5.74, 6) is 1.01. The van der Waals surface area contributed by atoms with E-state index in [0.29, 0.717) is 18.0 Å². The molecule has 0 bridgehead atoms. The van der Waals surface area contributed by atoms with E-state index < -0.39 is 10.0 Å². The van der Waals surface area contributed by atoms with E-state index in [1.807, 2.05) is 11.8 Å². The van der Waals surface area contributed by atoms with Crippen molar-refractivity contribution in [2.45, 2.75) is 22.7 Å². The number of halogens is 1. The molecule has 2 aliphatic heterocycles. The van der Waals surface area contributed by atoms with Crippen molar-refractivity contribution in [3.05, 3.63) is 28.7 Å². The summed E-state index contributed by atoms with van der Waals surface area (Å²) in [6.07, 6.45) is 1.54. The summed E-state index contributed by atoms with van der Waals surface area (Å²) < 4.78 is 33.4. The lowest BCUT2D eigenvalue weighted by Gasteiger charge is -2.37. The van der Waals surface area contributed by atoms with Gasteiger partial charge < -0.3 is 4.74 Å². The maximum absolute atomic E-state index is 12.6. The second-order valence-electron chi connectivity index (χ2n) is 4.97. The molecule has 2 heterocycles. The first-order valence-electron chi connectivity index (χ1n) is 6.56. The number of ether oxygens (including phenoxy) is 1. The Labute approximate surface area is 132 Å². The molecule has 0 saturated carbocycles. The third kappa shape index (κ3) is 2.78. The molecule has 7 heteroatoms. The molecule has 3 rings (SSSR count). The number of rotatable bonds is 2. The van der Waals surface area contributed by atoms with Crippen molar-refractivity contribution >= 4 is 37.7 Å². The molecule has 0 radical (unpaired) electrons. The average molecular weight is 378 g/mol. The molecule has 0 N–H and O–H groups in total. The van der Waals surface area contributed by atoms with Gasteiger partial charge in [0.2, 0.25) is 10.0 Å². The lowest BCUT2D eigenvalue weighted by molar-refractivity contribution is 0.0162. The van der Waals surface area contributed by atoms with Gasteiger partial charge in [0.25, 0.3) is 0 Å². The van der Waals surface area contributed by atoms with Crippen LogP contribution < -0.4 is 0 Å². The fourth-order valence-corrected chi connectivity index (χ4v) is 5.49. The van der Waals surface area contributed by atoms with Crippen molar-refractivity contribution in [1.82, 2.24) is 4.31 Å². The topological polar surface area (TPSA) is 46.6 Å². The highest BCUT2D eigenvalue weighted by atomic mass is 79.9. The molecule has 2 saturated heterocycles. The van der Waals surface area contributed by atoms with Crippen molar-refractivity contribution < 1.29 is 13.2 Å². The first-order chi connectivity index (χ1) is 9.52. The molecule has 1 aromatic carbocycles. The minimum atomic E-state index is -3.38. The fraction of sp³-hybridized carbons (Fsp3) is 0.538. The number of sulfonamides is 1. The summed E-state index contributed by atoms with van der Waals surface area (Å²) in [6, 6.07) is 6.80. The minimum absolute atomic E-state index is 0.133. The number of hydrogen-bond acceptors (Lipinski definition) is 4. The zero-order valence-electron chi connectivity index (χ0n) is 10.9. The molecule has 110 valence electrons. The molecule has 0 amide bonds. The number of piperidine rings is 1. The summed E-state index contributed by atoms with van der Waals surface area (Å²) in [7, 11) is -3.38. The van der Waals surface area contributed by atoms with Gasteiger partial charge in [-0.3, -0.25) is 0 Å². The average Bonchev–Trinajstić information content (AvgIpc) is 2.88. The zero-order valence-corrected chi connectivity index (χ0v) is 14.1. The summed E-state index contributed by atoms with van der Waals surface area (Å²) in [5.41, 5.74) is 0. The van der Waals surface area contributed by atoms with Crippen LogP contribution in [0, 0.1) is 0 Å². The molecule has 0 aromatic heterocycles. The Bertz CT molecular complexity index is 572. The van der Waals surface area contributed by atoms with E-state index in [1.54, 1.807) is 28.6 Å². The number of thioether (sulfide) groups is 1. The van der Waals surface area contributed by atoms with Crippen molar-refractivity contribution in [2.75, 3.05) is 25.4 Å². The van der Waals surface area contributed by atoms with Crippen molar-refractivity contribution in [2.24, 2.45) is 0 Å². The van der Waals surface area contributed by atoms with Crippen molar-refractivity contribution in [3.63, 3.8) is 0 Å². The molecule has 1 spiro atoms. The molecule has 20 heavy (non-hydrogen) atoms. The van der Waals surface area contributed by atoms with Gasteiger partial charge in [-0.15, -0.1) is 11.8 Å². The Balaban J connectivity index is 1.75. The van der Waals surface area contributed by atoms with E-state index >= 15 is 0 Å². The standard InChI is InChI=1S/C13H16BrNO3S2/c14-11-1-3-12(4-2-11)20(16,17)15-7-5-13(6-8-15)18-9-10-19-13/h1-4H,5-10H2. The second kappa shape index (κ2) is 5.61. The maximum Gasteiger partial charge on any atom is 0.243 e. The van der Waals surface area contributed by atoms with Crippen LogP contribution in [0.4, 0.5) is 0 Å². The van der Waals surface area contributed by atoms with E-state index in [9.17, 15) is 8.42 Å². The predicted octanol–water partition coefficient (Wildman–Crippen LogP) is 2.69. The highest BCUT2D eigenvalue weighted by Gasteiger charge is 2.42. The Kier molecular flexibility index (Phi) is 4.16. The SMILES string of the molecule is O=S(=O)(c1ccc(Br)cc1)N1CCC2(CC1)OCCS2. The van der Waals surface area contributed by atoms with Gasteiger partial charge in [-0.1, -0.05) is 15.9 Å². The van der Waals surface area contributed by atoms with Crippen LogP contribution in [0.5, 0.6) is 0 Å². The first kappa shape index (κ1) is 14.8. The van der Waals surface area contributed by atoms with E-state index in [-0.39, 0.29) is 4.93 Å². The van der Waals surface area contributed by atoms with E-state index in [0.717, 1.165) is 29.7 Å². The number of benzene rings is 1. The highest BCUT2D eigenvalue weighted by Crippen LogP contribution is 2.42. The molecule has 1 aromatic rings. The van der Waals surface area contributed by atoms with Crippen LogP contribution in [0.25, 0.3) is 0 Å². The Morgan fingerprint density at radius 1 is 1.20 bits per heavy atom. The minimum Gasteiger partial charge on any atom is -0.363 e. The summed E-state index contributed by atoms with van der Waals surface area (Å²) in [6.45, 7) is 1.85. The van der Waals surface area contributed by atoms with Gasteiger partial charge in [-0.05, 0) is 37.1 Å². The predicted molar refractivity (Wildman–Crippen MR) is 83.3 cm³/mol. The van der Waals surface area contributed by atoms with Crippen LogP contribution in [0.3, 0.4) is 0 Å². The van der Waals surface area contributed by atoms with E-state index in [2.05, 4.69) is 15.9 Å². The highest BCUT2D eigenvalue weighted by molar-refractivity contribution is 9.10. The molecule has 4 nitrogen and oxygen atoms in total. The molecule has 0 atom stereocenters. The van der Waals surface area contributed by atoms with Gasteiger partial charge in [-0.2, -0.15) is 4.31 Å². The smallest absolute Gasteiger partial charge is 0.243 e. The Morgan fingerprint density at radius 3 is 2.40 bits per heavy atom. The van der Waals surface area contributed by atoms with E-state index in [4.69, 9.17) is 4.74 Å². The van der Waals surface area contributed by atoms with Crippen LogP contribution in [-0.4, -0.2) is 43.1 Å². The Morgan fingerprint density at radius 2 is 1.85 bits per heavy atom. The van der Waals surface area contributed by atoms with Gasteiger partial charge in [0.1, 0.15) is 4.93 Å². The summed E-state index contributed by atoms with van der Waals surface area (Å²) in [4.78, 5) is 0.225. The molecular formula is C13H16BrNO3S2. The van der Waals surface area contributed by atoms with Crippen LogP contribution in [-0.2, 0) is 14.8 Å². The third-order valence-corrected chi connectivity index (χ3v) is 7.61. The largest absolute Gasteiger partial charge is 0.363 e. The summed E-state index contributed by atoms with van der Waals surface area (Å²) >= 11 is 5.15. The van der Waals surface area contributed by atoms with Crippen LogP contribution in [0.15, 0.2) is 33.6 Å². The molecule has 2 fully saturated rings.